The SMILES string of the molecule is CC(c1ccc2c(c1)oc(=O)n2C)N1CCNCC1. The summed E-state index contributed by atoms with van der Waals surface area (Å²) in [5, 5.41) is 3.36. The Kier molecular flexibility index (Phi) is 3.16. The predicted octanol–water partition coefficient (Wildman–Crippen LogP) is 1.10. The van der Waals surface area contributed by atoms with Crippen LogP contribution < -0.4 is 11.1 Å². The second-order valence-electron chi connectivity index (χ2n) is 5.12. The minimum absolute atomic E-state index is 0.304. The van der Waals surface area contributed by atoms with Crippen molar-refractivity contribution in [1.29, 1.82) is 0 Å². The first kappa shape index (κ1) is 12.4. The van der Waals surface area contributed by atoms with Gasteiger partial charge in [0.1, 0.15) is 0 Å². The van der Waals surface area contributed by atoms with Crippen molar-refractivity contribution < 1.29 is 4.42 Å². The molecule has 0 aliphatic carbocycles. The average molecular weight is 261 g/mol. The standard InChI is InChI=1S/C14H19N3O2/c1-10(17-7-5-15-6-8-17)11-3-4-12-13(9-11)19-14(18)16(12)2/h3-4,9-10,15H,5-8H2,1-2H3. The first-order valence-corrected chi connectivity index (χ1v) is 6.71. The maximum Gasteiger partial charge on any atom is 0.419 e. The zero-order valence-corrected chi connectivity index (χ0v) is 11.3. The zero-order valence-electron chi connectivity index (χ0n) is 11.3. The third-order valence-electron chi connectivity index (χ3n) is 4.00. The number of nitrogens with zero attached hydrogens (tertiary/aromatic N) is 2. The molecule has 1 aliphatic rings. The molecule has 5 nitrogen and oxygen atoms in total. The number of piperazine rings is 1. The molecule has 3 rings (SSSR count). The summed E-state index contributed by atoms with van der Waals surface area (Å²) >= 11 is 0. The highest BCUT2D eigenvalue weighted by Gasteiger charge is 2.19. The summed E-state index contributed by atoms with van der Waals surface area (Å²) in [6, 6.07) is 6.39. The summed E-state index contributed by atoms with van der Waals surface area (Å²) in [5.74, 6) is -0.304. The molecule has 1 aromatic carbocycles. The number of rotatable bonds is 2. The molecular weight excluding hydrogens is 242 g/mol. The van der Waals surface area contributed by atoms with E-state index in [1.165, 1.54) is 10.1 Å². The Labute approximate surface area is 111 Å². The lowest BCUT2D eigenvalue weighted by molar-refractivity contribution is 0.185. The summed E-state index contributed by atoms with van der Waals surface area (Å²) in [7, 11) is 1.73. The van der Waals surface area contributed by atoms with E-state index in [1.807, 2.05) is 12.1 Å². The van der Waals surface area contributed by atoms with E-state index in [0.29, 0.717) is 11.6 Å². The van der Waals surface area contributed by atoms with Gasteiger partial charge in [-0.1, -0.05) is 6.07 Å². The summed E-state index contributed by atoms with van der Waals surface area (Å²) in [6.07, 6.45) is 0. The van der Waals surface area contributed by atoms with Crippen LogP contribution in [0.3, 0.4) is 0 Å². The van der Waals surface area contributed by atoms with Gasteiger partial charge in [0, 0.05) is 39.3 Å². The average Bonchev–Trinajstić information content (AvgIpc) is 2.74. The Balaban J connectivity index is 1.94. The molecule has 0 bridgehead atoms. The number of fused-ring (bicyclic) bond motifs is 1. The van der Waals surface area contributed by atoms with Crippen LogP contribution in [0.25, 0.3) is 11.1 Å². The number of aromatic nitrogens is 1. The van der Waals surface area contributed by atoms with Crippen molar-refractivity contribution in [2.45, 2.75) is 13.0 Å². The van der Waals surface area contributed by atoms with Crippen LogP contribution in [0.4, 0.5) is 0 Å². The second-order valence-corrected chi connectivity index (χ2v) is 5.12. The van der Waals surface area contributed by atoms with Gasteiger partial charge in [-0.25, -0.2) is 4.79 Å². The number of hydrogen-bond donors (Lipinski definition) is 1. The van der Waals surface area contributed by atoms with E-state index in [1.54, 1.807) is 7.05 Å². The number of benzene rings is 1. The topological polar surface area (TPSA) is 50.4 Å². The summed E-state index contributed by atoms with van der Waals surface area (Å²) in [5.41, 5.74) is 2.72. The monoisotopic (exact) mass is 261 g/mol. The van der Waals surface area contributed by atoms with Crippen molar-refractivity contribution in [2.24, 2.45) is 7.05 Å². The largest absolute Gasteiger partial charge is 0.419 e. The van der Waals surface area contributed by atoms with Crippen molar-refractivity contribution in [3.8, 4) is 0 Å². The fourth-order valence-electron chi connectivity index (χ4n) is 2.69. The number of hydrogen-bond acceptors (Lipinski definition) is 4. The van der Waals surface area contributed by atoms with Gasteiger partial charge in [0.2, 0.25) is 0 Å². The number of nitrogens with one attached hydrogen (secondary N) is 1. The van der Waals surface area contributed by atoms with E-state index in [0.717, 1.165) is 31.7 Å². The maximum atomic E-state index is 11.5. The minimum Gasteiger partial charge on any atom is -0.408 e. The number of oxazole rings is 1. The van der Waals surface area contributed by atoms with Crippen LogP contribution in [-0.4, -0.2) is 35.6 Å². The molecule has 0 saturated carbocycles. The molecule has 1 aromatic heterocycles. The minimum atomic E-state index is -0.304. The Morgan fingerprint density at radius 2 is 2.05 bits per heavy atom. The van der Waals surface area contributed by atoms with Gasteiger partial charge < -0.3 is 9.73 Å². The molecule has 1 N–H and O–H groups in total. The van der Waals surface area contributed by atoms with Crippen LogP contribution in [0.5, 0.6) is 0 Å². The van der Waals surface area contributed by atoms with Crippen LogP contribution in [0.1, 0.15) is 18.5 Å². The molecule has 1 fully saturated rings. The van der Waals surface area contributed by atoms with Crippen molar-refractivity contribution >= 4 is 11.1 Å². The third-order valence-corrected chi connectivity index (χ3v) is 4.00. The highest BCUT2D eigenvalue weighted by Crippen LogP contribution is 2.24. The van der Waals surface area contributed by atoms with Gasteiger partial charge in [-0.3, -0.25) is 9.47 Å². The Morgan fingerprint density at radius 1 is 1.32 bits per heavy atom. The first-order valence-electron chi connectivity index (χ1n) is 6.71. The van der Waals surface area contributed by atoms with Crippen LogP contribution in [0, 0.1) is 0 Å². The summed E-state index contributed by atoms with van der Waals surface area (Å²) < 4.78 is 6.79. The van der Waals surface area contributed by atoms with Gasteiger partial charge in [0.05, 0.1) is 5.52 Å². The van der Waals surface area contributed by atoms with E-state index in [4.69, 9.17) is 4.42 Å². The molecule has 0 amide bonds. The maximum absolute atomic E-state index is 11.5. The van der Waals surface area contributed by atoms with Gasteiger partial charge in [-0.15, -0.1) is 0 Å². The lowest BCUT2D eigenvalue weighted by Gasteiger charge is -2.33. The molecule has 1 saturated heterocycles. The number of aryl methyl sites for hydroxylation is 1. The second kappa shape index (κ2) is 4.83. The lowest BCUT2D eigenvalue weighted by Crippen LogP contribution is -2.44. The van der Waals surface area contributed by atoms with Crippen molar-refractivity contribution in [2.75, 3.05) is 26.2 Å². The van der Waals surface area contributed by atoms with Crippen LogP contribution >= 0.6 is 0 Å². The molecule has 102 valence electrons. The highest BCUT2D eigenvalue weighted by atomic mass is 16.4. The molecule has 2 heterocycles. The van der Waals surface area contributed by atoms with E-state index in [2.05, 4.69) is 23.2 Å². The van der Waals surface area contributed by atoms with Gasteiger partial charge in [-0.05, 0) is 24.6 Å². The van der Waals surface area contributed by atoms with Gasteiger partial charge >= 0.3 is 5.76 Å². The molecule has 0 spiro atoms. The fraction of sp³-hybridized carbons (Fsp3) is 0.500. The van der Waals surface area contributed by atoms with E-state index in [-0.39, 0.29) is 5.76 Å². The molecule has 2 aromatic rings. The molecule has 0 radical (unpaired) electrons. The van der Waals surface area contributed by atoms with Crippen molar-refractivity contribution in [3.63, 3.8) is 0 Å². The third kappa shape index (κ3) is 2.19. The smallest absolute Gasteiger partial charge is 0.408 e. The predicted molar refractivity (Wildman–Crippen MR) is 74.3 cm³/mol. The van der Waals surface area contributed by atoms with E-state index < -0.39 is 0 Å². The van der Waals surface area contributed by atoms with Crippen LogP contribution in [0.15, 0.2) is 27.4 Å². The summed E-state index contributed by atoms with van der Waals surface area (Å²) in [4.78, 5) is 13.9. The normalized spacial score (nSPS) is 18.8. The molecule has 1 aliphatic heterocycles. The van der Waals surface area contributed by atoms with Gasteiger partial charge in [-0.2, -0.15) is 0 Å². The Bertz CT molecular complexity index is 638. The fourth-order valence-corrected chi connectivity index (χ4v) is 2.69. The zero-order chi connectivity index (χ0) is 13.4. The molecule has 1 atom stereocenters. The summed E-state index contributed by atoms with van der Waals surface area (Å²) in [6.45, 7) is 6.38. The lowest BCUT2D eigenvalue weighted by atomic mass is 10.1. The Morgan fingerprint density at radius 3 is 2.79 bits per heavy atom. The van der Waals surface area contributed by atoms with Gasteiger partial charge in [0.15, 0.2) is 5.58 Å². The van der Waals surface area contributed by atoms with E-state index in [9.17, 15) is 4.79 Å². The Hall–Kier alpha value is -1.59. The van der Waals surface area contributed by atoms with E-state index >= 15 is 0 Å². The first-order chi connectivity index (χ1) is 9.16. The quantitative estimate of drug-likeness (QED) is 0.879. The van der Waals surface area contributed by atoms with Crippen LogP contribution in [0.2, 0.25) is 0 Å². The van der Waals surface area contributed by atoms with Crippen molar-refractivity contribution in [1.82, 2.24) is 14.8 Å². The molecule has 5 heteroatoms. The van der Waals surface area contributed by atoms with Crippen LogP contribution in [-0.2, 0) is 7.05 Å². The van der Waals surface area contributed by atoms with Gasteiger partial charge in [0.25, 0.3) is 0 Å². The highest BCUT2D eigenvalue weighted by molar-refractivity contribution is 5.73. The molecule has 1 unspecified atom stereocenters. The molecule has 19 heavy (non-hydrogen) atoms. The van der Waals surface area contributed by atoms with Crippen molar-refractivity contribution in [3.05, 3.63) is 34.3 Å². The molecular formula is C14H19N3O2.